The number of fused-ring (bicyclic) bond motifs is 2. The van der Waals surface area contributed by atoms with E-state index in [2.05, 4.69) is 28.2 Å². The molecule has 0 saturated heterocycles. The number of benzene rings is 2. The number of nitrogens with zero attached hydrogens (tertiary/aromatic N) is 3. The third-order valence-corrected chi connectivity index (χ3v) is 10.3. The maximum Gasteiger partial charge on any atom is 0.267 e. The summed E-state index contributed by atoms with van der Waals surface area (Å²) in [5.74, 6) is 0.191. The molecule has 12 heteroatoms. The van der Waals surface area contributed by atoms with Crippen LogP contribution in [0.15, 0.2) is 65.7 Å². The molecule has 0 saturated carbocycles. The van der Waals surface area contributed by atoms with E-state index in [9.17, 15) is 14.4 Å². The molecular weight excluding hydrogens is 682 g/mol. The average Bonchev–Trinajstić information content (AvgIpc) is 3.07. The Balaban J connectivity index is 0.000000185. The molecule has 0 spiro atoms. The van der Waals surface area contributed by atoms with Crippen LogP contribution in [-0.4, -0.2) is 51.8 Å². The number of ether oxygens (including phenoxy) is 1. The average molecular weight is 716 g/mol. The molecule has 6 rings (SSSR count). The monoisotopic (exact) mass is 714 g/mol. The third-order valence-electron chi connectivity index (χ3n) is 8.80. The smallest absolute Gasteiger partial charge is 0.267 e. The Labute approximate surface area is 293 Å². The fourth-order valence-corrected chi connectivity index (χ4v) is 7.24. The first kappa shape index (κ1) is 34.8. The van der Waals surface area contributed by atoms with Crippen LogP contribution in [0, 0.1) is 0 Å². The number of carbonyl (C=O) groups is 2. The van der Waals surface area contributed by atoms with E-state index in [1.165, 1.54) is 36.2 Å². The van der Waals surface area contributed by atoms with Crippen LogP contribution in [0.3, 0.4) is 0 Å². The molecule has 4 aromatic rings. The van der Waals surface area contributed by atoms with Crippen molar-refractivity contribution >= 4 is 58.2 Å². The number of aromatic amines is 1. The SMILES string of the molecule is COc1ncc(Cl)c(CC(=O)N2CCc3ccccc3[C@@H]2C)c1Cl.C[C@H]1c2ccccc2CCN1C(=O)Cc1c(Cl)c[nH]c(=O)c1Cl. The molecule has 0 unspecified atom stereocenters. The first-order valence-electron chi connectivity index (χ1n) is 15.2. The number of H-pyrrole nitrogens is 1. The van der Waals surface area contributed by atoms with Crippen molar-refractivity contribution in [3.05, 3.63) is 125 Å². The zero-order chi connectivity index (χ0) is 33.8. The van der Waals surface area contributed by atoms with Crippen molar-refractivity contribution < 1.29 is 14.3 Å². The van der Waals surface area contributed by atoms with E-state index in [0.29, 0.717) is 39.3 Å². The number of halogens is 4. The van der Waals surface area contributed by atoms with Crippen LogP contribution in [0.25, 0.3) is 0 Å². The zero-order valence-electron chi connectivity index (χ0n) is 26.2. The van der Waals surface area contributed by atoms with Crippen LogP contribution in [0.1, 0.15) is 59.3 Å². The number of carbonyl (C=O) groups excluding carboxylic acids is 2. The molecule has 2 aliphatic rings. The first-order valence-corrected chi connectivity index (χ1v) is 16.7. The molecule has 0 fully saturated rings. The van der Waals surface area contributed by atoms with Gasteiger partial charge in [0.05, 0.1) is 42.1 Å². The van der Waals surface area contributed by atoms with Gasteiger partial charge in [-0.1, -0.05) is 94.9 Å². The fourth-order valence-electron chi connectivity index (χ4n) is 6.20. The van der Waals surface area contributed by atoms with E-state index in [1.807, 2.05) is 54.0 Å². The second kappa shape index (κ2) is 15.1. The van der Waals surface area contributed by atoms with Gasteiger partial charge >= 0.3 is 0 Å². The highest BCUT2D eigenvalue weighted by molar-refractivity contribution is 6.37. The number of pyridine rings is 2. The van der Waals surface area contributed by atoms with Gasteiger partial charge < -0.3 is 19.5 Å². The lowest BCUT2D eigenvalue weighted by Gasteiger charge is -2.35. The van der Waals surface area contributed by atoms with Crippen molar-refractivity contribution in [2.45, 2.75) is 51.6 Å². The van der Waals surface area contributed by atoms with E-state index in [4.69, 9.17) is 51.1 Å². The van der Waals surface area contributed by atoms with Gasteiger partial charge in [-0.05, 0) is 48.9 Å². The van der Waals surface area contributed by atoms with Gasteiger partial charge in [-0.2, -0.15) is 0 Å². The fraction of sp³-hybridized carbons (Fsp3) is 0.314. The van der Waals surface area contributed by atoms with Gasteiger partial charge in [0.2, 0.25) is 17.7 Å². The van der Waals surface area contributed by atoms with Gasteiger partial charge in [0, 0.05) is 36.6 Å². The maximum absolute atomic E-state index is 12.8. The third kappa shape index (κ3) is 7.46. The van der Waals surface area contributed by atoms with Crippen LogP contribution < -0.4 is 10.3 Å². The van der Waals surface area contributed by atoms with Crippen LogP contribution in [0.5, 0.6) is 5.88 Å². The largest absolute Gasteiger partial charge is 0.480 e. The number of hydrogen-bond acceptors (Lipinski definition) is 5. The van der Waals surface area contributed by atoms with E-state index in [0.717, 1.165) is 18.4 Å². The Morgan fingerprint density at radius 3 is 1.81 bits per heavy atom. The summed E-state index contributed by atoms with van der Waals surface area (Å²) in [5, 5.41) is 0.951. The predicted octanol–water partition coefficient (Wildman–Crippen LogP) is 7.46. The van der Waals surface area contributed by atoms with Crippen molar-refractivity contribution in [2.24, 2.45) is 0 Å². The second-order valence-corrected chi connectivity index (χ2v) is 13.0. The molecule has 0 aliphatic carbocycles. The lowest BCUT2D eigenvalue weighted by Crippen LogP contribution is -2.39. The molecule has 8 nitrogen and oxygen atoms in total. The van der Waals surface area contributed by atoms with Crippen LogP contribution in [0.4, 0.5) is 0 Å². The molecule has 4 heterocycles. The molecule has 2 aromatic carbocycles. The lowest BCUT2D eigenvalue weighted by atomic mass is 9.93. The number of rotatable bonds is 5. The summed E-state index contributed by atoms with van der Waals surface area (Å²) >= 11 is 24.5. The Morgan fingerprint density at radius 1 is 0.809 bits per heavy atom. The van der Waals surface area contributed by atoms with Gasteiger partial charge in [0.25, 0.3) is 5.56 Å². The van der Waals surface area contributed by atoms with Crippen molar-refractivity contribution in [3.8, 4) is 5.88 Å². The number of hydrogen-bond donors (Lipinski definition) is 1. The molecule has 2 aliphatic heterocycles. The molecule has 2 aromatic heterocycles. The van der Waals surface area contributed by atoms with Crippen molar-refractivity contribution in [2.75, 3.05) is 20.2 Å². The van der Waals surface area contributed by atoms with Crippen molar-refractivity contribution in [1.82, 2.24) is 19.8 Å². The molecule has 0 bridgehead atoms. The zero-order valence-corrected chi connectivity index (χ0v) is 29.2. The second-order valence-electron chi connectivity index (χ2n) is 11.4. The molecule has 0 radical (unpaired) electrons. The Hall–Kier alpha value is -3.56. The maximum atomic E-state index is 12.8. The molecule has 2 atom stereocenters. The van der Waals surface area contributed by atoms with Gasteiger partial charge in [0.1, 0.15) is 10.0 Å². The molecular formula is C35H34Cl4N4O4. The summed E-state index contributed by atoms with van der Waals surface area (Å²) in [6.45, 7) is 5.40. The predicted molar refractivity (Wildman–Crippen MR) is 186 cm³/mol. The Bertz CT molecular complexity index is 1860. The molecule has 2 amide bonds. The van der Waals surface area contributed by atoms with Crippen molar-refractivity contribution in [3.63, 3.8) is 0 Å². The normalized spacial score (nSPS) is 16.8. The standard InChI is InChI=1S/C18H18Cl2N2O2.C17H16Cl2N2O2/c1-11-13-6-4-3-5-12(13)7-8-22(11)16(23)9-14-15(19)10-21-18(24-2)17(14)20;1-10-12-5-3-2-4-11(12)6-7-21(10)15(22)8-13-14(18)9-20-17(23)16(13)19/h3-6,10-11H,7-9H2,1-2H3;2-5,9-10H,6-8H2,1H3,(H,20,23)/t11-;10-/m00/s1. The Morgan fingerprint density at radius 2 is 1.30 bits per heavy atom. The minimum atomic E-state index is -0.434. The van der Waals surface area contributed by atoms with E-state index < -0.39 is 5.56 Å². The number of methoxy groups -OCH3 is 1. The topological polar surface area (TPSA) is 95.6 Å². The van der Waals surface area contributed by atoms with Gasteiger partial charge in [-0.15, -0.1) is 0 Å². The number of nitrogens with one attached hydrogen (secondary N) is 1. The summed E-state index contributed by atoms with van der Waals surface area (Å²) < 4.78 is 5.11. The summed E-state index contributed by atoms with van der Waals surface area (Å²) in [4.78, 5) is 47.3. The van der Waals surface area contributed by atoms with Crippen LogP contribution in [0.2, 0.25) is 20.1 Å². The van der Waals surface area contributed by atoms with E-state index in [1.54, 1.807) is 0 Å². The van der Waals surface area contributed by atoms with Gasteiger partial charge in [-0.3, -0.25) is 14.4 Å². The minimum absolute atomic E-state index is 0.00550. The highest BCUT2D eigenvalue weighted by atomic mass is 35.5. The summed E-state index contributed by atoms with van der Waals surface area (Å²) in [5.41, 5.74) is 5.44. The van der Waals surface area contributed by atoms with Gasteiger partial charge in [-0.25, -0.2) is 4.98 Å². The van der Waals surface area contributed by atoms with Gasteiger partial charge in [0.15, 0.2) is 0 Å². The van der Waals surface area contributed by atoms with E-state index >= 15 is 0 Å². The number of aromatic nitrogens is 2. The molecule has 246 valence electrons. The van der Waals surface area contributed by atoms with Crippen LogP contribution >= 0.6 is 46.4 Å². The first-order chi connectivity index (χ1) is 22.5. The highest BCUT2D eigenvalue weighted by Gasteiger charge is 2.30. The van der Waals surface area contributed by atoms with E-state index in [-0.39, 0.29) is 47.6 Å². The Kier molecular flexibility index (Phi) is 11.2. The van der Waals surface area contributed by atoms with Crippen molar-refractivity contribution in [1.29, 1.82) is 0 Å². The summed E-state index contributed by atoms with van der Waals surface area (Å²) in [6, 6.07) is 16.4. The summed E-state index contributed by atoms with van der Waals surface area (Å²) in [6.07, 6.45) is 4.66. The van der Waals surface area contributed by atoms with Crippen LogP contribution in [-0.2, 0) is 35.3 Å². The quantitative estimate of drug-likeness (QED) is 0.232. The molecule has 1 N–H and O–H groups in total. The summed E-state index contributed by atoms with van der Waals surface area (Å²) in [7, 11) is 1.48. The minimum Gasteiger partial charge on any atom is -0.480 e. The number of amides is 2. The lowest BCUT2D eigenvalue weighted by molar-refractivity contribution is -0.133. The highest BCUT2D eigenvalue weighted by Crippen LogP contribution is 2.34. The molecule has 47 heavy (non-hydrogen) atoms.